The van der Waals surface area contributed by atoms with Gasteiger partial charge in [-0.3, -0.25) is 0 Å². The smallest absolute Gasteiger partial charge is 0.00420 e. The van der Waals surface area contributed by atoms with Gasteiger partial charge in [0.05, 0.1) is 0 Å². The molecule has 0 radical (unpaired) electrons. The van der Waals surface area contributed by atoms with Gasteiger partial charge in [0.15, 0.2) is 0 Å². The minimum Gasteiger partial charge on any atom is -0.330 e. The van der Waals surface area contributed by atoms with Gasteiger partial charge in [-0.2, -0.15) is 0 Å². The Hall–Kier alpha value is -0.560. The topological polar surface area (TPSA) is 26.0 Å². The van der Waals surface area contributed by atoms with E-state index in [1.165, 1.54) is 70.6 Å². The maximum absolute atomic E-state index is 5.97. The molecule has 20 heavy (non-hydrogen) atoms. The first-order chi connectivity index (χ1) is 9.83. The van der Waals surface area contributed by atoms with Crippen LogP contribution in [0.3, 0.4) is 0 Å². The number of unbranched alkanes of at least 4 members (excludes halogenated alkanes) is 9. The molecule has 1 atom stereocenters. The average Bonchev–Trinajstić information content (AvgIpc) is 2.50. The van der Waals surface area contributed by atoms with Crippen molar-refractivity contribution in [2.45, 2.75) is 84.0 Å². The lowest BCUT2D eigenvalue weighted by atomic mass is 9.77. The van der Waals surface area contributed by atoms with E-state index in [1.807, 2.05) is 0 Å². The van der Waals surface area contributed by atoms with Crippen molar-refractivity contribution in [1.82, 2.24) is 0 Å². The Morgan fingerprint density at radius 2 is 1.45 bits per heavy atom. The van der Waals surface area contributed by atoms with E-state index in [-0.39, 0.29) is 5.41 Å². The fourth-order valence-corrected chi connectivity index (χ4v) is 3.11. The van der Waals surface area contributed by atoms with Crippen molar-refractivity contribution in [3.05, 3.63) is 24.3 Å². The van der Waals surface area contributed by atoms with Gasteiger partial charge in [0.2, 0.25) is 0 Å². The molecule has 1 nitrogen and oxygen atoms in total. The van der Waals surface area contributed by atoms with Crippen LogP contribution in [0.25, 0.3) is 0 Å². The van der Waals surface area contributed by atoms with Crippen molar-refractivity contribution >= 4 is 0 Å². The molecule has 116 valence electrons. The average molecular weight is 277 g/mol. The van der Waals surface area contributed by atoms with E-state index in [0.29, 0.717) is 0 Å². The van der Waals surface area contributed by atoms with E-state index in [2.05, 4.69) is 31.2 Å². The molecule has 1 aliphatic rings. The lowest BCUT2D eigenvalue weighted by Crippen LogP contribution is -2.28. The molecule has 0 fully saturated rings. The van der Waals surface area contributed by atoms with Crippen LogP contribution in [0.4, 0.5) is 0 Å². The molecule has 1 rings (SSSR count). The zero-order chi connectivity index (χ0) is 14.5. The lowest BCUT2D eigenvalue weighted by molar-refractivity contribution is 0.344. The first-order valence-electron chi connectivity index (χ1n) is 8.87. The Bertz CT molecular complexity index is 279. The minimum absolute atomic E-state index is 0.273. The van der Waals surface area contributed by atoms with Gasteiger partial charge < -0.3 is 5.73 Å². The van der Waals surface area contributed by atoms with Crippen molar-refractivity contribution < 1.29 is 0 Å². The summed E-state index contributed by atoms with van der Waals surface area (Å²) in [6.07, 6.45) is 25.4. The van der Waals surface area contributed by atoms with Crippen molar-refractivity contribution in [3.63, 3.8) is 0 Å². The fraction of sp³-hybridized carbons (Fsp3) is 0.789. The van der Waals surface area contributed by atoms with E-state index in [0.717, 1.165) is 13.0 Å². The predicted molar refractivity (Wildman–Crippen MR) is 90.8 cm³/mol. The number of hydrogen-bond acceptors (Lipinski definition) is 1. The Morgan fingerprint density at radius 1 is 0.850 bits per heavy atom. The van der Waals surface area contributed by atoms with Crippen LogP contribution in [-0.2, 0) is 0 Å². The molecule has 0 aromatic carbocycles. The summed E-state index contributed by atoms with van der Waals surface area (Å²) < 4.78 is 0. The number of allylic oxidation sites excluding steroid dienone is 3. The zero-order valence-electron chi connectivity index (χ0n) is 13.6. The van der Waals surface area contributed by atoms with Gasteiger partial charge in [0.1, 0.15) is 0 Å². The predicted octanol–water partition coefficient (Wildman–Crippen LogP) is 5.76. The Balaban J connectivity index is 1.94. The highest BCUT2D eigenvalue weighted by atomic mass is 14.6. The molecule has 0 spiro atoms. The van der Waals surface area contributed by atoms with E-state index >= 15 is 0 Å². The molecule has 0 heterocycles. The van der Waals surface area contributed by atoms with Gasteiger partial charge in [-0.05, 0) is 12.8 Å². The van der Waals surface area contributed by atoms with Crippen molar-refractivity contribution in [3.8, 4) is 0 Å². The number of nitrogens with two attached hydrogens (primary N) is 1. The second-order valence-corrected chi connectivity index (χ2v) is 6.49. The van der Waals surface area contributed by atoms with Gasteiger partial charge in [0, 0.05) is 12.0 Å². The summed E-state index contributed by atoms with van der Waals surface area (Å²) >= 11 is 0. The largest absolute Gasteiger partial charge is 0.330 e. The van der Waals surface area contributed by atoms with Crippen LogP contribution in [0.2, 0.25) is 0 Å². The molecule has 0 saturated heterocycles. The summed E-state index contributed by atoms with van der Waals surface area (Å²) in [5, 5.41) is 0. The summed E-state index contributed by atoms with van der Waals surface area (Å²) in [7, 11) is 0. The highest BCUT2D eigenvalue weighted by Gasteiger charge is 2.24. The van der Waals surface area contributed by atoms with Crippen LogP contribution in [0.1, 0.15) is 84.0 Å². The van der Waals surface area contributed by atoms with E-state index in [9.17, 15) is 0 Å². The van der Waals surface area contributed by atoms with Crippen LogP contribution >= 0.6 is 0 Å². The maximum Gasteiger partial charge on any atom is 0.00420 e. The van der Waals surface area contributed by atoms with Gasteiger partial charge in [-0.1, -0.05) is 95.4 Å². The van der Waals surface area contributed by atoms with Crippen molar-refractivity contribution in [2.24, 2.45) is 11.1 Å². The van der Waals surface area contributed by atoms with Crippen LogP contribution in [0, 0.1) is 5.41 Å². The van der Waals surface area contributed by atoms with Gasteiger partial charge in [-0.15, -0.1) is 0 Å². The molecular formula is C19H35N. The second kappa shape index (κ2) is 11.1. The van der Waals surface area contributed by atoms with E-state index in [1.54, 1.807) is 0 Å². The summed E-state index contributed by atoms with van der Waals surface area (Å²) in [6, 6.07) is 0. The molecule has 0 aromatic heterocycles. The Labute approximate surface area is 126 Å². The summed E-state index contributed by atoms with van der Waals surface area (Å²) in [5.41, 5.74) is 6.25. The van der Waals surface area contributed by atoms with Gasteiger partial charge in [-0.25, -0.2) is 0 Å². The van der Waals surface area contributed by atoms with Crippen molar-refractivity contribution in [1.29, 1.82) is 0 Å². The third-order valence-corrected chi connectivity index (χ3v) is 4.66. The highest BCUT2D eigenvalue weighted by molar-refractivity contribution is 5.16. The molecule has 1 heteroatoms. The van der Waals surface area contributed by atoms with E-state index in [4.69, 9.17) is 5.73 Å². The summed E-state index contributed by atoms with van der Waals surface area (Å²) in [5.74, 6) is 0. The first kappa shape index (κ1) is 17.5. The lowest BCUT2D eigenvalue weighted by Gasteiger charge is -2.29. The molecule has 0 amide bonds. The monoisotopic (exact) mass is 277 g/mol. The minimum atomic E-state index is 0.273. The molecular weight excluding hydrogens is 242 g/mol. The molecule has 1 unspecified atom stereocenters. The summed E-state index contributed by atoms with van der Waals surface area (Å²) in [6.45, 7) is 3.08. The van der Waals surface area contributed by atoms with Gasteiger partial charge >= 0.3 is 0 Å². The first-order valence-corrected chi connectivity index (χ1v) is 8.87. The van der Waals surface area contributed by atoms with Crippen LogP contribution < -0.4 is 5.73 Å². The molecule has 1 aliphatic carbocycles. The van der Waals surface area contributed by atoms with Crippen molar-refractivity contribution in [2.75, 3.05) is 6.54 Å². The molecule has 0 aromatic rings. The standard InChI is InChI=1S/C19H35N/c1-2-3-4-5-6-7-8-9-10-12-15-19(18-20)16-13-11-14-17-19/h11,13-14,16H,2-10,12,15,17-18,20H2,1H3. The fourth-order valence-electron chi connectivity index (χ4n) is 3.11. The third-order valence-electron chi connectivity index (χ3n) is 4.66. The normalized spacial score (nSPS) is 21.5. The Morgan fingerprint density at radius 3 is 1.95 bits per heavy atom. The zero-order valence-corrected chi connectivity index (χ0v) is 13.6. The van der Waals surface area contributed by atoms with Crippen LogP contribution in [-0.4, -0.2) is 6.54 Å². The third kappa shape index (κ3) is 7.28. The second-order valence-electron chi connectivity index (χ2n) is 6.49. The molecule has 0 aliphatic heterocycles. The molecule has 0 saturated carbocycles. The molecule has 2 N–H and O–H groups in total. The maximum atomic E-state index is 5.97. The van der Waals surface area contributed by atoms with Gasteiger partial charge in [0.25, 0.3) is 0 Å². The molecule has 0 bridgehead atoms. The SMILES string of the molecule is CCCCCCCCCCCCC1(CN)C=CC=CC1. The van der Waals surface area contributed by atoms with Crippen LogP contribution in [0.5, 0.6) is 0 Å². The summed E-state index contributed by atoms with van der Waals surface area (Å²) in [4.78, 5) is 0. The quantitative estimate of drug-likeness (QED) is 0.451. The highest BCUT2D eigenvalue weighted by Crippen LogP contribution is 2.32. The Kier molecular flexibility index (Phi) is 9.74. The number of hydrogen-bond donors (Lipinski definition) is 1. The van der Waals surface area contributed by atoms with E-state index < -0.39 is 0 Å². The van der Waals surface area contributed by atoms with Crippen LogP contribution in [0.15, 0.2) is 24.3 Å². The number of rotatable bonds is 12.